The van der Waals surface area contributed by atoms with E-state index in [9.17, 15) is 27.1 Å². The standard InChI is InChI=1S/C18H17F2NO5S/c19-18(20)27(24,25)16-4-2-1-3-13(16)17(23)21-10-14(22)11-5-6-15-12(9-11)7-8-26-15/h1-6,9,14,18,22H,7-8,10H2,(H,21,23). The van der Waals surface area contributed by atoms with Crippen LogP contribution in [0.15, 0.2) is 47.4 Å². The first-order valence-corrected chi connectivity index (χ1v) is 9.68. The summed E-state index contributed by atoms with van der Waals surface area (Å²) in [5, 5.41) is 12.7. The molecule has 0 saturated heterocycles. The van der Waals surface area contributed by atoms with E-state index in [2.05, 4.69) is 5.32 Å². The van der Waals surface area contributed by atoms with Crippen molar-refractivity contribution < 1.29 is 31.8 Å². The van der Waals surface area contributed by atoms with Crippen LogP contribution in [0, 0.1) is 0 Å². The molecule has 0 spiro atoms. The number of sulfone groups is 1. The van der Waals surface area contributed by atoms with Crippen molar-refractivity contribution in [3.8, 4) is 5.75 Å². The summed E-state index contributed by atoms with van der Waals surface area (Å²) in [5.74, 6) is -3.75. The Balaban J connectivity index is 1.73. The average molecular weight is 397 g/mol. The summed E-state index contributed by atoms with van der Waals surface area (Å²) >= 11 is 0. The van der Waals surface area contributed by atoms with Crippen LogP contribution >= 0.6 is 0 Å². The molecule has 0 aromatic heterocycles. The maximum Gasteiger partial charge on any atom is 0.341 e. The zero-order chi connectivity index (χ0) is 19.6. The Morgan fingerprint density at radius 2 is 1.96 bits per heavy atom. The van der Waals surface area contributed by atoms with Gasteiger partial charge in [0.25, 0.3) is 5.91 Å². The van der Waals surface area contributed by atoms with Crippen LogP contribution < -0.4 is 10.1 Å². The van der Waals surface area contributed by atoms with E-state index in [1.807, 2.05) is 0 Å². The number of fused-ring (bicyclic) bond motifs is 1. The summed E-state index contributed by atoms with van der Waals surface area (Å²) in [6, 6.07) is 9.89. The average Bonchev–Trinajstić information content (AvgIpc) is 3.13. The molecule has 9 heteroatoms. The molecule has 3 rings (SSSR count). The van der Waals surface area contributed by atoms with Crippen molar-refractivity contribution in [3.63, 3.8) is 0 Å². The van der Waals surface area contributed by atoms with Gasteiger partial charge in [-0.05, 0) is 35.4 Å². The Hall–Kier alpha value is -2.52. The summed E-state index contributed by atoms with van der Waals surface area (Å²) in [6.45, 7) is 0.364. The fraction of sp³-hybridized carbons (Fsp3) is 0.278. The third-order valence-corrected chi connectivity index (χ3v) is 5.67. The lowest BCUT2D eigenvalue weighted by atomic mass is 10.0. The van der Waals surface area contributed by atoms with Gasteiger partial charge in [0.2, 0.25) is 9.84 Å². The number of carbonyl (C=O) groups is 1. The van der Waals surface area contributed by atoms with E-state index in [-0.39, 0.29) is 6.54 Å². The summed E-state index contributed by atoms with van der Waals surface area (Å²) in [6.07, 6.45) is -0.320. The zero-order valence-electron chi connectivity index (χ0n) is 14.1. The highest BCUT2D eigenvalue weighted by Crippen LogP contribution is 2.28. The van der Waals surface area contributed by atoms with Crippen LogP contribution in [0.25, 0.3) is 0 Å². The Kier molecular flexibility index (Phi) is 5.43. The van der Waals surface area contributed by atoms with Crippen molar-refractivity contribution in [2.75, 3.05) is 13.2 Å². The van der Waals surface area contributed by atoms with Crippen LogP contribution in [0.3, 0.4) is 0 Å². The topological polar surface area (TPSA) is 92.7 Å². The Bertz CT molecular complexity index is 962. The van der Waals surface area contributed by atoms with Crippen LogP contribution in [0.4, 0.5) is 8.78 Å². The number of carbonyl (C=O) groups excluding carboxylic acids is 1. The normalized spacial score (nSPS) is 14.5. The van der Waals surface area contributed by atoms with Crippen molar-refractivity contribution >= 4 is 15.7 Å². The minimum atomic E-state index is -4.92. The van der Waals surface area contributed by atoms with Gasteiger partial charge in [0, 0.05) is 13.0 Å². The van der Waals surface area contributed by atoms with Gasteiger partial charge in [-0.1, -0.05) is 18.2 Å². The first-order chi connectivity index (χ1) is 12.8. The predicted molar refractivity (Wildman–Crippen MR) is 92.6 cm³/mol. The minimum Gasteiger partial charge on any atom is -0.493 e. The number of aliphatic hydroxyl groups is 1. The molecule has 0 fully saturated rings. The number of hydrogen-bond acceptors (Lipinski definition) is 5. The number of benzene rings is 2. The lowest BCUT2D eigenvalue weighted by Crippen LogP contribution is -2.30. The molecule has 0 radical (unpaired) electrons. The van der Waals surface area contributed by atoms with Gasteiger partial charge in [-0.3, -0.25) is 4.79 Å². The molecule has 2 aromatic carbocycles. The second kappa shape index (κ2) is 7.61. The number of alkyl halides is 2. The minimum absolute atomic E-state index is 0.207. The van der Waals surface area contributed by atoms with E-state index >= 15 is 0 Å². The molecule has 1 heterocycles. The SMILES string of the molecule is O=C(NCC(O)c1ccc2c(c1)CCO2)c1ccccc1S(=O)(=O)C(F)F. The van der Waals surface area contributed by atoms with Gasteiger partial charge in [0.15, 0.2) is 0 Å². The smallest absolute Gasteiger partial charge is 0.341 e. The van der Waals surface area contributed by atoms with Crippen LogP contribution in [0.5, 0.6) is 5.75 Å². The van der Waals surface area contributed by atoms with Crippen molar-refractivity contribution in [1.82, 2.24) is 5.32 Å². The largest absolute Gasteiger partial charge is 0.493 e. The van der Waals surface area contributed by atoms with Gasteiger partial charge in [0.05, 0.1) is 23.2 Å². The van der Waals surface area contributed by atoms with Gasteiger partial charge in [-0.15, -0.1) is 0 Å². The molecule has 6 nitrogen and oxygen atoms in total. The molecule has 0 aliphatic carbocycles. The fourth-order valence-electron chi connectivity index (χ4n) is 2.81. The first kappa shape index (κ1) is 19.2. The van der Waals surface area contributed by atoms with Gasteiger partial charge in [-0.2, -0.15) is 8.78 Å². The highest BCUT2D eigenvalue weighted by molar-refractivity contribution is 7.91. The summed E-state index contributed by atoms with van der Waals surface area (Å²) in [5.41, 5.74) is 1.12. The second-order valence-electron chi connectivity index (χ2n) is 5.99. The van der Waals surface area contributed by atoms with Crippen molar-refractivity contribution in [2.45, 2.75) is 23.2 Å². The predicted octanol–water partition coefficient (Wildman–Crippen LogP) is 2.08. The number of aliphatic hydroxyl groups excluding tert-OH is 1. The Morgan fingerprint density at radius 1 is 1.22 bits per heavy atom. The molecule has 2 aromatic rings. The first-order valence-electron chi connectivity index (χ1n) is 8.13. The molecule has 0 bridgehead atoms. The maximum atomic E-state index is 12.8. The van der Waals surface area contributed by atoms with E-state index < -0.39 is 38.1 Å². The van der Waals surface area contributed by atoms with E-state index in [1.54, 1.807) is 18.2 Å². The summed E-state index contributed by atoms with van der Waals surface area (Å²) in [4.78, 5) is 11.6. The molecule has 1 unspecified atom stereocenters. The van der Waals surface area contributed by atoms with E-state index in [1.165, 1.54) is 12.1 Å². The number of amides is 1. The van der Waals surface area contributed by atoms with E-state index in [0.717, 1.165) is 29.9 Å². The monoisotopic (exact) mass is 397 g/mol. The molecular weight excluding hydrogens is 380 g/mol. The van der Waals surface area contributed by atoms with E-state index in [4.69, 9.17) is 4.74 Å². The lowest BCUT2D eigenvalue weighted by Gasteiger charge is -2.14. The van der Waals surface area contributed by atoms with Crippen LogP contribution in [-0.4, -0.2) is 38.3 Å². The van der Waals surface area contributed by atoms with Gasteiger partial charge in [-0.25, -0.2) is 8.42 Å². The lowest BCUT2D eigenvalue weighted by molar-refractivity contribution is 0.0913. The fourth-order valence-corrected chi connectivity index (χ4v) is 3.74. The van der Waals surface area contributed by atoms with Crippen molar-refractivity contribution in [2.24, 2.45) is 0 Å². The number of ether oxygens (including phenoxy) is 1. The number of rotatable bonds is 6. The van der Waals surface area contributed by atoms with E-state index in [0.29, 0.717) is 12.2 Å². The Morgan fingerprint density at radius 3 is 2.70 bits per heavy atom. The second-order valence-corrected chi connectivity index (χ2v) is 7.88. The molecular formula is C18H17F2NO5S. The summed E-state index contributed by atoms with van der Waals surface area (Å²) in [7, 11) is -4.92. The van der Waals surface area contributed by atoms with Crippen molar-refractivity contribution in [1.29, 1.82) is 0 Å². The molecule has 1 aliphatic heterocycles. The third-order valence-electron chi connectivity index (χ3n) is 4.23. The molecule has 0 saturated carbocycles. The molecule has 27 heavy (non-hydrogen) atoms. The maximum absolute atomic E-state index is 12.8. The highest BCUT2D eigenvalue weighted by Gasteiger charge is 2.30. The van der Waals surface area contributed by atoms with Crippen molar-refractivity contribution in [3.05, 3.63) is 59.2 Å². The number of hydrogen-bond donors (Lipinski definition) is 2. The summed E-state index contributed by atoms with van der Waals surface area (Å²) < 4.78 is 54.5. The van der Waals surface area contributed by atoms with Gasteiger partial charge in [0.1, 0.15) is 5.75 Å². The van der Waals surface area contributed by atoms with Crippen LogP contribution in [0.1, 0.15) is 27.6 Å². The number of halogens is 2. The Labute approximate surface area is 154 Å². The van der Waals surface area contributed by atoms with Gasteiger partial charge < -0.3 is 15.2 Å². The molecule has 1 aliphatic rings. The molecule has 1 amide bonds. The molecule has 1 atom stereocenters. The zero-order valence-corrected chi connectivity index (χ0v) is 14.9. The molecule has 144 valence electrons. The highest BCUT2D eigenvalue weighted by atomic mass is 32.2. The van der Waals surface area contributed by atoms with Gasteiger partial charge >= 0.3 is 5.76 Å². The molecule has 2 N–H and O–H groups in total. The third kappa shape index (κ3) is 3.93. The van der Waals surface area contributed by atoms with Crippen LogP contribution in [0.2, 0.25) is 0 Å². The van der Waals surface area contributed by atoms with Crippen LogP contribution in [-0.2, 0) is 16.3 Å². The quantitative estimate of drug-likeness (QED) is 0.779. The number of nitrogens with one attached hydrogen (secondary N) is 1.